The lowest BCUT2D eigenvalue weighted by molar-refractivity contribution is 0.473. The molecular weight excluding hydrogens is 244 g/mol. The Balaban J connectivity index is 2.47. The van der Waals surface area contributed by atoms with Crippen molar-refractivity contribution in [1.82, 2.24) is 0 Å². The second-order valence-electron chi connectivity index (χ2n) is 4.59. The van der Waals surface area contributed by atoms with Crippen molar-refractivity contribution in [3.8, 4) is 11.5 Å². The molecule has 0 unspecified atom stereocenters. The lowest BCUT2D eigenvalue weighted by Gasteiger charge is -2.09. The van der Waals surface area contributed by atoms with Crippen LogP contribution in [0.1, 0.15) is 0 Å². The van der Waals surface area contributed by atoms with Crippen molar-refractivity contribution in [2.24, 2.45) is 0 Å². The highest BCUT2D eigenvalue weighted by atomic mass is 16.4. The maximum Gasteiger partial charge on any atom is 0.344 e. The quantitative estimate of drug-likeness (QED) is 0.373. The first-order valence-electron chi connectivity index (χ1n) is 5.78. The number of hydrogen-bond donors (Lipinski definition) is 2. The molecule has 1 heterocycles. The van der Waals surface area contributed by atoms with Gasteiger partial charge in [0.1, 0.15) is 17.1 Å². The van der Waals surface area contributed by atoms with E-state index >= 15 is 0 Å². The Labute approximate surface area is 106 Å². The number of phenols is 2. The monoisotopic (exact) mass is 252 g/mol. The van der Waals surface area contributed by atoms with Crippen molar-refractivity contribution in [2.75, 3.05) is 0 Å². The molecule has 2 N–H and O–H groups in total. The van der Waals surface area contributed by atoms with Gasteiger partial charge < -0.3 is 14.6 Å². The van der Waals surface area contributed by atoms with Crippen molar-refractivity contribution in [3.63, 3.8) is 0 Å². The zero-order valence-electron chi connectivity index (χ0n) is 9.68. The summed E-state index contributed by atoms with van der Waals surface area (Å²) >= 11 is 0. The van der Waals surface area contributed by atoms with Crippen LogP contribution in [0.4, 0.5) is 0 Å². The van der Waals surface area contributed by atoms with Gasteiger partial charge in [0.2, 0.25) is 0 Å². The van der Waals surface area contributed by atoms with Gasteiger partial charge in [0, 0.05) is 16.8 Å². The number of hydrogen-bond acceptors (Lipinski definition) is 4. The van der Waals surface area contributed by atoms with E-state index in [1.165, 1.54) is 12.1 Å². The molecule has 4 aromatic rings. The maximum absolute atomic E-state index is 12.0. The smallest absolute Gasteiger partial charge is 0.344 e. The van der Waals surface area contributed by atoms with Crippen molar-refractivity contribution in [1.29, 1.82) is 0 Å². The predicted molar refractivity (Wildman–Crippen MR) is 72.0 cm³/mol. The van der Waals surface area contributed by atoms with Gasteiger partial charge in [-0.2, -0.15) is 0 Å². The minimum absolute atomic E-state index is 0.0287. The largest absolute Gasteiger partial charge is 0.508 e. The molecule has 0 saturated heterocycles. The van der Waals surface area contributed by atoms with Crippen molar-refractivity contribution < 1.29 is 14.6 Å². The predicted octanol–water partition coefficient (Wildman–Crippen LogP) is 2.95. The molecule has 0 aliphatic carbocycles. The fourth-order valence-electron chi connectivity index (χ4n) is 2.66. The van der Waals surface area contributed by atoms with E-state index in [9.17, 15) is 15.0 Å². The third kappa shape index (κ3) is 1.25. The summed E-state index contributed by atoms with van der Waals surface area (Å²) in [5.41, 5.74) is -0.171. The Morgan fingerprint density at radius 3 is 2.21 bits per heavy atom. The van der Waals surface area contributed by atoms with E-state index in [2.05, 4.69) is 0 Å². The third-order valence-corrected chi connectivity index (χ3v) is 3.39. The molecule has 0 amide bonds. The van der Waals surface area contributed by atoms with Gasteiger partial charge in [0.25, 0.3) is 0 Å². The highest BCUT2D eigenvalue weighted by molar-refractivity contribution is 6.21. The average Bonchev–Trinajstić information content (AvgIpc) is 2.36. The van der Waals surface area contributed by atoms with E-state index in [-0.39, 0.29) is 11.5 Å². The summed E-state index contributed by atoms with van der Waals surface area (Å²) in [5, 5.41) is 22.7. The van der Waals surface area contributed by atoms with Crippen LogP contribution in [0.2, 0.25) is 0 Å². The van der Waals surface area contributed by atoms with Gasteiger partial charge in [-0.1, -0.05) is 12.1 Å². The Morgan fingerprint density at radius 2 is 1.47 bits per heavy atom. The molecule has 19 heavy (non-hydrogen) atoms. The second-order valence-corrected chi connectivity index (χ2v) is 4.59. The first kappa shape index (κ1) is 10.2. The molecule has 0 aliphatic rings. The highest BCUT2D eigenvalue weighted by Gasteiger charge is 2.14. The first-order valence-corrected chi connectivity index (χ1v) is 5.78. The van der Waals surface area contributed by atoms with Crippen LogP contribution in [0.25, 0.3) is 32.5 Å². The van der Waals surface area contributed by atoms with E-state index in [4.69, 9.17) is 4.42 Å². The lowest BCUT2D eigenvalue weighted by Crippen LogP contribution is -2.00. The Morgan fingerprint density at radius 1 is 0.842 bits per heavy atom. The third-order valence-electron chi connectivity index (χ3n) is 3.39. The zero-order valence-corrected chi connectivity index (χ0v) is 9.68. The van der Waals surface area contributed by atoms with E-state index in [0.717, 1.165) is 21.5 Å². The van der Waals surface area contributed by atoms with Gasteiger partial charge >= 0.3 is 5.63 Å². The topological polar surface area (TPSA) is 70.7 Å². The summed E-state index contributed by atoms with van der Waals surface area (Å²) in [5.74, 6) is 0.0814. The SMILES string of the molecule is O=c1oc2cc(O)cc3ccc4cc(O)cc1c4c32. The summed E-state index contributed by atoms with van der Waals surface area (Å²) in [6.45, 7) is 0. The van der Waals surface area contributed by atoms with E-state index in [1.807, 2.05) is 12.1 Å². The second kappa shape index (κ2) is 3.17. The van der Waals surface area contributed by atoms with Gasteiger partial charge in [-0.25, -0.2) is 4.79 Å². The van der Waals surface area contributed by atoms with Gasteiger partial charge in [0.05, 0.1) is 5.39 Å². The molecule has 0 spiro atoms. The van der Waals surface area contributed by atoms with Gasteiger partial charge in [-0.05, 0) is 29.0 Å². The summed E-state index contributed by atoms with van der Waals surface area (Å²) in [7, 11) is 0. The van der Waals surface area contributed by atoms with Crippen LogP contribution >= 0.6 is 0 Å². The standard InChI is InChI=1S/C15H8O4/c16-9-3-7-1-2-8-4-10(17)6-12-14(8)13(7)11(5-9)15(18)19-12/h1-6,16-17H. The molecular formula is C15H8O4. The molecule has 3 aromatic carbocycles. The van der Waals surface area contributed by atoms with Crippen LogP contribution in [0.15, 0.2) is 45.6 Å². The number of rotatable bonds is 0. The number of phenolic OH excluding ortho intramolecular Hbond substituents is 2. The fraction of sp³-hybridized carbons (Fsp3) is 0. The van der Waals surface area contributed by atoms with Crippen molar-refractivity contribution in [3.05, 3.63) is 46.8 Å². The Kier molecular flexibility index (Phi) is 1.70. The van der Waals surface area contributed by atoms with Crippen LogP contribution < -0.4 is 5.63 Å². The zero-order chi connectivity index (χ0) is 13.1. The van der Waals surface area contributed by atoms with Crippen LogP contribution in [0, 0.1) is 0 Å². The summed E-state index contributed by atoms with van der Waals surface area (Å²) in [6.07, 6.45) is 0. The van der Waals surface area contributed by atoms with Crippen LogP contribution in [0.5, 0.6) is 11.5 Å². The minimum Gasteiger partial charge on any atom is -0.508 e. The fourth-order valence-corrected chi connectivity index (χ4v) is 2.66. The van der Waals surface area contributed by atoms with Gasteiger partial charge in [-0.15, -0.1) is 0 Å². The van der Waals surface area contributed by atoms with Crippen molar-refractivity contribution >= 4 is 32.5 Å². The Bertz CT molecular complexity index is 998. The van der Waals surface area contributed by atoms with E-state index in [0.29, 0.717) is 11.0 Å². The molecule has 0 bridgehead atoms. The van der Waals surface area contributed by atoms with E-state index < -0.39 is 5.63 Å². The summed E-state index contributed by atoms with van der Waals surface area (Å²) in [6, 6.07) is 9.68. The molecule has 0 aliphatic heterocycles. The molecule has 4 rings (SSSR count). The van der Waals surface area contributed by atoms with Crippen LogP contribution in [-0.4, -0.2) is 10.2 Å². The summed E-state index contributed by atoms with van der Waals surface area (Å²) in [4.78, 5) is 12.0. The molecule has 0 fully saturated rings. The molecule has 0 atom stereocenters. The molecule has 1 aromatic heterocycles. The molecule has 4 heteroatoms. The molecule has 0 saturated carbocycles. The Hall–Kier alpha value is -2.75. The number of aromatic hydroxyl groups is 2. The number of benzene rings is 3. The maximum atomic E-state index is 12.0. The summed E-state index contributed by atoms with van der Waals surface area (Å²) < 4.78 is 5.22. The van der Waals surface area contributed by atoms with Gasteiger partial charge in [-0.3, -0.25) is 0 Å². The van der Waals surface area contributed by atoms with Crippen LogP contribution in [-0.2, 0) is 0 Å². The van der Waals surface area contributed by atoms with Crippen molar-refractivity contribution in [2.45, 2.75) is 0 Å². The van der Waals surface area contributed by atoms with Gasteiger partial charge in [0.15, 0.2) is 0 Å². The molecule has 0 radical (unpaired) electrons. The normalized spacial score (nSPS) is 11.8. The van der Waals surface area contributed by atoms with E-state index in [1.54, 1.807) is 12.1 Å². The minimum atomic E-state index is -0.522. The lowest BCUT2D eigenvalue weighted by atomic mass is 9.98. The highest BCUT2D eigenvalue weighted by Crippen LogP contribution is 2.36. The average molecular weight is 252 g/mol. The molecule has 92 valence electrons. The first-order chi connectivity index (χ1) is 9.13. The molecule has 4 nitrogen and oxygen atoms in total. The van der Waals surface area contributed by atoms with Crippen LogP contribution in [0.3, 0.4) is 0 Å².